The van der Waals surface area contributed by atoms with E-state index in [-0.39, 0.29) is 17.8 Å². The van der Waals surface area contributed by atoms with Crippen molar-refractivity contribution in [1.82, 2.24) is 0 Å². The van der Waals surface area contributed by atoms with Crippen molar-refractivity contribution in [2.24, 2.45) is 5.92 Å². The predicted octanol–water partition coefficient (Wildman–Crippen LogP) is 5.53. The van der Waals surface area contributed by atoms with Gasteiger partial charge in [-0.3, -0.25) is 4.79 Å². The highest BCUT2D eigenvalue weighted by Crippen LogP contribution is 2.58. The third kappa shape index (κ3) is 3.45. The standard InChI is InChI=1S/C23H24O2S2/c1-15-9-6-7-12-17(15)19-18(16-10-4-3-5-11-16)21(20(19)22(24)25-2)23-26-13-8-14-27-23/h3-7,9-12,19-20,23H,8,13-14H2,1-2H3/t19-,20+/m1/s1. The van der Waals surface area contributed by atoms with E-state index in [0.717, 1.165) is 11.5 Å². The lowest BCUT2D eigenvalue weighted by molar-refractivity contribution is -0.144. The van der Waals surface area contributed by atoms with E-state index >= 15 is 0 Å². The van der Waals surface area contributed by atoms with E-state index in [2.05, 4.69) is 55.5 Å². The molecule has 2 aliphatic rings. The quantitative estimate of drug-likeness (QED) is 0.635. The average molecular weight is 397 g/mol. The van der Waals surface area contributed by atoms with Gasteiger partial charge in [-0.25, -0.2) is 0 Å². The highest BCUT2D eigenvalue weighted by Gasteiger charge is 2.50. The Balaban J connectivity index is 1.88. The number of carbonyl (C=O) groups excluding carboxylic acids is 1. The highest BCUT2D eigenvalue weighted by atomic mass is 32.2. The van der Waals surface area contributed by atoms with Gasteiger partial charge in [0.15, 0.2) is 0 Å². The first-order chi connectivity index (χ1) is 13.2. The van der Waals surface area contributed by atoms with Crippen LogP contribution >= 0.6 is 23.5 Å². The number of thioether (sulfide) groups is 2. The molecule has 0 N–H and O–H groups in total. The second-order valence-corrected chi connectivity index (χ2v) is 9.72. The van der Waals surface area contributed by atoms with E-state index in [1.807, 2.05) is 29.6 Å². The Morgan fingerprint density at radius 2 is 1.67 bits per heavy atom. The van der Waals surface area contributed by atoms with Crippen LogP contribution in [0.25, 0.3) is 5.57 Å². The molecule has 1 saturated heterocycles. The van der Waals surface area contributed by atoms with Crippen molar-refractivity contribution in [3.8, 4) is 0 Å². The van der Waals surface area contributed by atoms with Gasteiger partial charge in [-0.2, -0.15) is 0 Å². The normalized spacial score (nSPS) is 23.0. The number of esters is 1. The lowest BCUT2D eigenvalue weighted by Crippen LogP contribution is -2.39. The van der Waals surface area contributed by atoms with Crippen LogP contribution < -0.4 is 0 Å². The molecule has 0 amide bonds. The third-order valence-corrected chi connectivity index (χ3v) is 8.41. The summed E-state index contributed by atoms with van der Waals surface area (Å²) in [6.45, 7) is 2.13. The summed E-state index contributed by atoms with van der Waals surface area (Å²) in [5, 5.41) is 0. The molecule has 1 fully saturated rings. The predicted molar refractivity (Wildman–Crippen MR) is 116 cm³/mol. The highest BCUT2D eigenvalue weighted by molar-refractivity contribution is 8.17. The van der Waals surface area contributed by atoms with Crippen LogP contribution in [-0.4, -0.2) is 29.2 Å². The van der Waals surface area contributed by atoms with Crippen molar-refractivity contribution < 1.29 is 9.53 Å². The number of hydrogen-bond donors (Lipinski definition) is 0. The molecule has 0 spiro atoms. The van der Waals surface area contributed by atoms with Crippen LogP contribution in [0, 0.1) is 12.8 Å². The maximum absolute atomic E-state index is 12.8. The maximum Gasteiger partial charge on any atom is 0.313 e. The Hall–Kier alpha value is -1.65. The molecule has 0 radical (unpaired) electrons. The molecule has 1 aliphatic carbocycles. The fourth-order valence-electron chi connectivity index (χ4n) is 4.16. The maximum atomic E-state index is 12.8. The van der Waals surface area contributed by atoms with E-state index in [0.29, 0.717) is 4.58 Å². The molecular weight excluding hydrogens is 372 g/mol. The molecule has 27 heavy (non-hydrogen) atoms. The molecule has 0 unspecified atom stereocenters. The summed E-state index contributed by atoms with van der Waals surface area (Å²) >= 11 is 3.95. The number of benzene rings is 2. The summed E-state index contributed by atoms with van der Waals surface area (Å²) < 4.78 is 5.61. The summed E-state index contributed by atoms with van der Waals surface area (Å²) in [5.41, 5.74) is 6.30. The van der Waals surface area contributed by atoms with E-state index in [4.69, 9.17) is 4.74 Å². The molecule has 0 saturated carbocycles. The van der Waals surface area contributed by atoms with Crippen LogP contribution in [-0.2, 0) is 9.53 Å². The Kier molecular flexibility index (Phi) is 5.65. The van der Waals surface area contributed by atoms with Gasteiger partial charge in [0.2, 0.25) is 0 Å². The van der Waals surface area contributed by atoms with Gasteiger partial charge in [0.25, 0.3) is 0 Å². The first-order valence-electron chi connectivity index (χ1n) is 9.38. The zero-order valence-corrected chi connectivity index (χ0v) is 17.3. The summed E-state index contributed by atoms with van der Waals surface area (Å²) in [7, 11) is 1.51. The second-order valence-electron chi connectivity index (χ2n) is 7.00. The van der Waals surface area contributed by atoms with Gasteiger partial charge in [-0.1, -0.05) is 54.6 Å². The van der Waals surface area contributed by atoms with Gasteiger partial charge in [0.1, 0.15) is 0 Å². The Labute approximate surface area is 169 Å². The molecule has 2 atom stereocenters. The topological polar surface area (TPSA) is 26.3 Å². The largest absolute Gasteiger partial charge is 0.469 e. The monoisotopic (exact) mass is 396 g/mol. The molecule has 1 heterocycles. The minimum absolute atomic E-state index is 0.0687. The van der Waals surface area contributed by atoms with Crippen molar-refractivity contribution >= 4 is 35.1 Å². The molecular formula is C23H24O2S2. The zero-order chi connectivity index (χ0) is 18.8. The second kappa shape index (κ2) is 8.15. The summed E-state index contributed by atoms with van der Waals surface area (Å²) in [6.07, 6.45) is 1.24. The van der Waals surface area contributed by atoms with Crippen molar-refractivity contribution in [1.29, 1.82) is 0 Å². The third-order valence-electron chi connectivity index (χ3n) is 5.43. The van der Waals surface area contributed by atoms with Gasteiger partial charge in [-0.15, -0.1) is 23.5 Å². The van der Waals surface area contributed by atoms with Gasteiger partial charge >= 0.3 is 5.97 Å². The van der Waals surface area contributed by atoms with Crippen molar-refractivity contribution in [3.05, 3.63) is 76.9 Å². The lowest BCUT2D eigenvalue weighted by atomic mass is 9.62. The number of rotatable bonds is 4. The minimum Gasteiger partial charge on any atom is -0.469 e. The minimum atomic E-state index is -0.186. The molecule has 1 aliphatic heterocycles. The van der Waals surface area contributed by atoms with Crippen LogP contribution in [0.15, 0.2) is 60.2 Å². The number of ether oxygens (including phenoxy) is 1. The number of allylic oxidation sites excluding steroid dienone is 1. The Morgan fingerprint density at radius 1 is 1.00 bits per heavy atom. The molecule has 2 aromatic carbocycles. The van der Waals surface area contributed by atoms with E-state index in [1.54, 1.807) is 0 Å². The average Bonchev–Trinajstić information content (AvgIpc) is 2.70. The van der Waals surface area contributed by atoms with Crippen LogP contribution in [0.2, 0.25) is 0 Å². The van der Waals surface area contributed by atoms with E-state index in [9.17, 15) is 4.79 Å². The molecule has 4 heteroatoms. The SMILES string of the molecule is COC(=O)[C@@H]1C(C2SCCCS2)=C(c2ccccc2)[C@H]1c1ccccc1C. The number of methoxy groups -OCH3 is 1. The first kappa shape index (κ1) is 18.7. The van der Waals surface area contributed by atoms with Gasteiger partial charge in [0, 0.05) is 5.92 Å². The van der Waals surface area contributed by atoms with Gasteiger partial charge in [0.05, 0.1) is 17.6 Å². The molecule has 2 aromatic rings. The number of aryl methyl sites for hydroxylation is 1. The first-order valence-corrected chi connectivity index (χ1v) is 11.5. The Morgan fingerprint density at radius 3 is 2.33 bits per heavy atom. The van der Waals surface area contributed by atoms with Crippen molar-refractivity contribution in [2.45, 2.75) is 23.8 Å². The van der Waals surface area contributed by atoms with E-state index in [1.165, 1.54) is 41.4 Å². The summed E-state index contributed by atoms with van der Waals surface area (Å²) in [6, 6.07) is 19.0. The molecule has 2 nitrogen and oxygen atoms in total. The van der Waals surface area contributed by atoms with Crippen molar-refractivity contribution in [3.63, 3.8) is 0 Å². The lowest BCUT2D eigenvalue weighted by Gasteiger charge is -2.45. The van der Waals surface area contributed by atoms with Crippen molar-refractivity contribution in [2.75, 3.05) is 18.6 Å². The summed E-state index contributed by atoms with van der Waals surface area (Å²) in [5.74, 6) is 2.09. The smallest absolute Gasteiger partial charge is 0.313 e. The fraction of sp³-hybridized carbons (Fsp3) is 0.348. The number of carbonyl (C=O) groups is 1. The molecule has 140 valence electrons. The van der Waals surface area contributed by atoms with Crippen LogP contribution in [0.5, 0.6) is 0 Å². The van der Waals surface area contributed by atoms with Crippen LogP contribution in [0.3, 0.4) is 0 Å². The molecule has 0 aromatic heterocycles. The number of hydrogen-bond acceptors (Lipinski definition) is 4. The molecule has 4 rings (SSSR count). The van der Waals surface area contributed by atoms with Gasteiger partial charge in [-0.05, 0) is 52.7 Å². The van der Waals surface area contributed by atoms with Crippen LogP contribution in [0.1, 0.15) is 29.0 Å². The van der Waals surface area contributed by atoms with Crippen LogP contribution in [0.4, 0.5) is 0 Å². The Bertz CT molecular complexity index is 854. The van der Waals surface area contributed by atoms with Gasteiger partial charge < -0.3 is 4.74 Å². The zero-order valence-electron chi connectivity index (χ0n) is 15.7. The molecule has 0 bridgehead atoms. The fourth-order valence-corrected chi connectivity index (χ4v) is 7.26. The summed E-state index contributed by atoms with van der Waals surface area (Å²) in [4.78, 5) is 12.8. The van der Waals surface area contributed by atoms with E-state index < -0.39 is 0 Å².